The topological polar surface area (TPSA) is 0 Å². The van der Waals surface area contributed by atoms with E-state index in [1.165, 1.54) is 25.7 Å². The minimum absolute atomic E-state index is 0.428. The molecule has 0 radical (unpaired) electrons. The van der Waals surface area contributed by atoms with Crippen molar-refractivity contribution in [2.24, 2.45) is 22.2 Å². The maximum absolute atomic E-state index is 2.48. The Bertz CT molecular complexity index is 211. The van der Waals surface area contributed by atoms with Crippen LogP contribution in [-0.4, -0.2) is 0 Å². The van der Waals surface area contributed by atoms with E-state index in [4.69, 9.17) is 0 Å². The SMILES string of the molecule is CCC(CC)C(C)(C)C(C)(C)CCC(C)(C)C. The molecule has 0 bridgehead atoms. The van der Waals surface area contributed by atoms with E-state index in [-0.39, 0.29) is 0 Å². The summed E-state index contributed by atoms with van der Waals surface area (Å²) < 4.78 is 0. The third-order valence-corrected chi connectivity index (χ3v) is 5.25. The first kappa shape index (κ1) is 17.0. The van der Waals surface area contributed by atoms with Gasteiger partial charge in [0.05, 0.1) is 0 Å². The van der Waals surface area contributed by atoms with Gasteiger partial charge in [0.15, 0.2) is 0 Å². The van der Waals surface area contributed by atoms with Crippen LogP contribution in [0.1, 0.15) is 88.0 Å². The molecule has 0 unspecified atom stereocenters. The van der Waals surface area contributed by atoms with Crippen LogP contribution in [0, 0.1) is 22.2 Å². The summed E-state index contributed by atoms with van der Waals surface area (Å²) in [5.74, 6) is 0.845. The average Bonchev–Trinajstić information content (AvgIpc) is 2.15. The van der Waals surface area contributed by atoms with Crippen LogP contribution in [0.5, 0.6) is 0 Å². The maximum atomic E-state index is 2.48. The van der Waals surface area contributed by atoms with E-state index in [1.54, 1.807) is 0 Å². The monoisotopic (exact) mass is 240 g/mol. The normalized spacial score (nSPS) is 14.5. The molecule has 0 aromatic carbocycles. The maximum Gasteiger partial charge on any atom is -0.0275 e. The molecule has 0 heteroatoms. The quantitative estimate of drug-likeness (QED) is 0.511. The molecule has 0 aromatic rings. The number of rotatable bonds is 6. The molecule has 0 heterocycles. The first-order valence-corrected chi connectivity index (χ1v) is 7.48. The molecule has 0 aliphatic heterocycles. The number of hydrogen-bond donors (Lipinski definition) is 0. The molecule has 0 rings (SSSR count). The van der Waals surface area contributed by atoms with Gasteiger partial charge < -0.3 is 0 Å². The fourth-order valence-electron chi connectivity index (χ4n) is 2.87. The van der Waals surface area contributed by atoms with Gasteiger partial charge in [0.2, 0.25) is 0 Å². The lowest BCUT2D eigenvalue weighted by atomic mass is 9.57. The van der Waals surface area contributed by atoms with Crippen molar-refractivity contribution in [2.45, 2.75) is 88.0 Å². The van der Waals surface area contributed by atoms with Crippen LogP contribution in [0.15, 0.2) is 0 Å². The molecule has 0 saturated carbocycles. The van der Waals surface area contributed by atoms with Crippen LogP contribution < -0.4 is 0 Å². The Balaban J connectivity index is 4.77. The minimum atomic E-state index is 0.428. The Labute approximate surface area is 111 Å². The summed E-state index contributed by atoms with van der Waals surface area (Å²) in [6, 6.07) is 0. The third kappa shape index (κ3) is 4.64. The van der Waals surface area contributed by atoms with Gasteiger partial charge in [-0.05, 0) is 35.0 Å². The highest BCUT2D eigenvalue weighted by Gasteiger charge is 2.41. The van der Waals surface area contributed by atoms with E-state index in [0.717, 1.165) is 5.92 Å². The van der Waals surface area contributed by atoms with Crippen LogP contribution in [0.25, 0.3) is 0 Å². The zero-order valence-electron chi connectivity index (χ0n) is 13.9. The lowest BCUT2D eigenvalue weighted by molar-refractivity contribution is 0.0182. The third-order valence-electron chi connectivity index (χ3n) is 5.25. The lowest BCUT2D eigenvalue weighted by Gasteiger charge is -2.48. The molecule has 0 N–H and O–H groups in total. The summed E-state index contributed by atoms with van der Waals surface area (Å²) in [5, 5.41) is 0. The largest absolute Gasteiger partial charge is 0.0651 e. The second kappa shape index (κ2) is 5.76. The zero-order chi connectivity index (χ0) is 13.9. The summed E-state index contributed by atoms with van der Waals surface area (Å²) >= 11 is 0. The predicted octanol–water partition coefficient (Wildman–Crippen LogP) is 6.30. The van der Waals surface area contributed by atoms with E-state index in [2.05, 4.69) is 62.3 Å². The Morgan fingerprint density at radius 2 is 1.12 bits per heavy atom. The highest BCUT2D eigenvalue weighted by molar-refractivity contribution is 4.91. The molecular weight excluding hydrogens is 204 g/mol. The van der Waals surface area contributed by atoms with Crippen LogP contribution in [-0.2, 0) is 0 Å². The van der Waals surface area contributed by atoms with Gasteiger partial charge in [-0.25, -0.2) is 0 Å². The Hall–Kier alpha value is 0. The Morgan fingerprint density at radius 1 is 0.706 bits per heavy atom. The molecule has 0 aliphatic carbocycles. The Morgan fingerprint density at radius 3 is 1.41 bits per heavy atom. The van der Waals surface area contributed by atoms with Gasteiger partial charge in [0, 0.05) is 0 Å². The van der Waals surface area contributed by atoms with Crippen LogP contribution in [0.2, 0.25) is 0 Å². The second-order valence-corrected chi connectivity index (χ2v) is 8.18. The molecule has 0 fully saturated rings. The molecule has 0 nitrogen and oxygen atoms in total. The first-order chi connectivity index (χ1) is 7.48. The highest BCUT2D eigenvalue weighted by Crippen LogP contribution is 2.50. The average molecular weight is 240 g/mol. The fraction of sp³-hybridized carbons (Fsp3) is 1.00. The van der Waals surface area contributed by atoms with E-state index in [0.29, 0.717) is 16.2 Å². The predicted molar refractivity (Wildman–Crippen MR) is 80.3 cm³/mol. The van der Waals surface area contributed by atoms with Crippen molar-refractivity contribution in [3.8, 4) is 0 Å². The summed E-state index contributed by atoms with van der Waals surface area (Å²) in [4.78, 5) is 0. The first-order valence-electron chi connectivity index (χ1n) is 7.48. The van der Waals surface area contributed by atoms with Crippen LogP contribution in [0.3, 0.4) is 0 Å². The summed E-state index contributed by atoms with van der Waals surface area (Å²) in [5.41, 5.74) is 1.32. The number of hydrogen-bond acceptors (Lipinski definition) is 0. The standard InChI is InChI=1S/C17H36/c1-10-14(11-2)17(8,9)16(6,7)13-12-15(3,4)5/h14H,10-13H2,1-9H3. The van der Waals surface area contributed by atoms with Gasteiger partial charge in [0.25, 0.3) is 0 Å². The van der Waals surface area contributed by atoms with Gasteiger partial charge in [-0.15, -0.1) is 0 Å². The zero-order valence-corrected chi connectivity index (χ0v) is 13.9. The molecule has 17 heavy (non-hydrogen) atoms. The molecule has 0 spiro atoms. The summed E-state index contributed by atoms with van der Waals surface area (Å²) in [6.45, 7) is 21.6. The molecule has 0 amide bonds. The van der Waals surface area contributed by atoms with Gasteiger partial charge in [0.1, 0.15) is 0 Å². The van der Waals surface area contributed by atoms with Gasteiger partial charge in [-0.2, -0.15) is 0 Å². The fourth-order valence-corrected chi connectivity index (χ4v) is 2.87. The molecule has 104 valence electrons. The smallest absolute Gasteiger partial charge is 0.0275 e. The molecule has 0 aliphatic rings. The van der Waals surface area contributed by atoms with Crippen molar-refractivity contribution in [1.82, 2.24) is 0 Å². The van der Waals surface area contributed by atoms with Gasteiger partial charge in [-0.1, -0.05) is 75.2 Å². The highest BCUT2D eigenvalue weighted by atomic mass is 14.5. The van der Waals surface area contributed by atoms with E-state index >= 15 is 0 Å². The molecular formula is C17H36. The molecule has 0 atom stereocenters. The van der Waals surface area contributed by atoms with E-state index < -0.39 is 0 Å². The minimum Gasteiger partial charge on any atom is -0.0651 e. The van der Waals surface area contributed by atoms with E-state index in [1.807, 2.05) is 0 Å². The van der Waals surface area contributed by atoms with Crippen molar-refractivity contribution in [3.63, 3.8) is 0 Å². The van der Waals surface area contributed by atoms with E-state index in [9.17, 15) is 0 Å². The van der Waals surface area contributed by atoms with Gasteiger partial charge >= 0.3 is 0 Å². The Kier molecular flexibility index (Phi) is 5.76. The van der Waals surface area contributed by atoms with Crippen LogP contribution >= 0.6 is 0 Å². The van der Waals surface area contributed by atoms with Crippen molar-refractivity contribution < 1.29 is 0 Å². The van der Waals surface area contributed by atoms with Crippen LogP contribution in [0.4, 0.5) is 0 Å². The van der Waals surface area contributed by atoms with Crippen molar-refractivity contribution >= 4 is 0 Å². The molecule has 0 saturated heterocycles. The van der Waals surface area contributed by atoms with Gasteiger partial charge in [-0.3, -0.25) is 0 Å². The lowest BCUT2D eigenvalue weighted by Crippen LogP contribution is -2.39. The second-order valence-electron chi connectivity index (χ2n) is 8.18. The molecule has 0 aromatic heterocycles. The van der Waals surface area contributed by atoms with Crippen molar-refractivity contribution in [3.05, 3.63) is 0 Å². The summed E-state index contributed by atoms with van der Waals surface area (Å²) in [6.07, 6.45) is 5.27. The van der Waals surface area contributed by atoms with Crippen molar-refractivity contribution in [2.75, 3.05) is 0 Å². The summed E-state index contributed by atoms with van der Waals surface area (Å²) in [7, 11) is 0. The van der Waals surface area contributed by atoms with Crippen molar-refractivity contribution in [1.29, 1.82) is 0 Å².